The van der Waals surface area contributed by atoms with Crippen LogP contribution in [0.4, 0.5) is 0 Å². The van der Waals surface area contributed by atoms with Crippen molar-refractivity contribution in [2.45, 2.75) is 309 Å². The molecule has 0 aliphatic heterocycles. The summed E-state index contributed by atoms with van der Waals surface area (Å²) in [5.41, 5.74) is 0. The summed E-state index contributed by atoms with van der Waals surface area (Å²) in [7, 11) is 0. The Bertz CT molecular complexity index is 1040. The van der Waals surface area contributed by atoms with Crippen molar-refractivity contribution in [3.63, 3.8) is 0 Å². The fraction of sp³-hybridized carbons (Fsp3) is 0.860. The van der Waals surface area contributed by atoms with Gasteiger partial charge in [-0.15, -0.1) is 0 Å². The van der Waals surface area contributed by atoms with E-state index >= 15 is 0 Å². The van der Waals surface area contributed by atoms with Gasteiger partial charge < -0.3 is 20.3 Å². The smallest absolute Gasteiger partial charge is 0.306 e. The highest BCUT2D eigenvalue weighted by Crippen LogP contribution is 2.18. The Morgan fingerprint density at radius 1 is 0.476 bits per heavy atom. The highest BCUT2D eigenvalue weighted by atomic mass is 16.5. The van der Waals surface area contributed by atoms with Gasteiger partial charge in [-0.05, 0) is 57.8 Å². The zero-order valence-electron chi connectivity index (χ0n) is 42.2. The fourth-order valence-corrected chi connectivity index (χ4v) is 8.56. The Morgan fingerprint density at radius 3 is 1.30 bits per heavy atom. The molecule has 0 heterocycles. The van der Waals surface area contributed by atoms with Gasteiger partial charge in [-0.25, -0.2) is 0 Å². The summed E-state index contributed by atoms with van der Waals surface area (Å²) < 4.78 is 5.94. The Balaban J connectivity index is 4.55. The molecule has 6 heteroatoms. The van der Waals surface area contributed by atoms with E-state index in [0.717, 1.165) is 89.9 Å². The number of nitrogens with one attached hydrogen (secondary N) is 1. The molecule has 0 aromatic carbocycles. The Kier molecular flexibility index (Phi) is 49.5. The maximum absolute atomic E-state index is 13.2. The van der Waals surface area contributed by atoms with Crippen LogP contribution in [0.2, 0.25) is 0 Å². The summed E-state index contributed by atoms with van der Waals surface area (Å²) in [5.74, 6) is -0.481. The molecule has 0 aromatic heterocycles. The average molecular weight is 886 g/mol. The van der Waals surface area contributed by atoms with E-state index in [4.69, 9.17) is 4.74 Å². The summed E-state index contributed by atoms with van der Waals surface area (Å²) in [5, 5.41) is 23.8. The molecule has 1 amide bonds. The molecular weight excluding hydrogens is 779 g/mol. The number of aliphatic hydroxyl groups excluding tert-OH is 2. The molecule has 3 atom stereocenters. The lowest BCUT2D eigenvalue weighted by molar-refractivity contribution is -0.151. The average Bonchev–Trinajstić information content (AvgIpc) is 3.28. The van der Waals surface area contributed by atoms with Crippen LogP contribution in [0.25, 0.3) is 0 Å². The Morgan fingerprint density at radius 2 is 0.857 bits per heavy atom. The molecule has 3 N–H and O–H groups in total. The van der Waals surface area contributed by atoms with Crippen LogP contribution in [-0.2, 0) is 14.3 Å². The topological polar surface area (TPSA) is 95.9 Å². The van der Waals surface area contributed by atoms with Crippen molar-refractivity contribution in [1.82, 2.24) is 5.32 Å². The molecule has 6 nitrogen and oxygen atoms in total. The molecule has 0 bridgehead atoms. The minimum atomic E-state index is -0.791. The van der Waals surface area contributed by atoms with E-state index in [1.54, 1.807) is 0 Å². The van der Waals surface area contributed by atoms with Crippen molar-refractivity contribution >= 4 is 11.9 Å². The van der Waals surface area contributed by atoms with Crippen molar-refractivity contribution in [3.05, 3.63) is 36.5 Å². The molecule has 0 saturated carbocycles. The number of hydrogen-bond acceptors (Lipinski definition) is 5. The summed E-state index contributed by atoms with van der Waals surface area (Å²) in [6.07, 6.45) is 60.6. The van der Waals surface area contributed by atoms with Crippen molar-refractivity contribution in [3.8, 4) is 0 Å². The van der Waals surface area contributed by atoms with E-state index in [1.807, 2.05) is 0 Å². The van der Waals surface area contributed by atoms with Crippen LogP contribution in [0, 0.1) is 0 Å². The third-order valence-electron chi connectivity index (χ3n) is 12.7. The van der Waals surface area contributed by atoms with Gasteiger partial charge >= 0.3 is 5.97 Å². The van der Waals surface area contributed by atoms with Gasteiger partial charge in [0.2, 0.25) is 5.91 Å². The largest absolute Gasteiger partial charge is 0.462 e. The van der Waals surface area contributed by atoms with Crippen LogP contribution in [-0.4, -0.2) is 46.9 Å². The first-order chi connectivity index (χ1) is 31.0. The zero-order valence-corrected chi connectivity index (χ0v) is 42.2. The molecule has 370 valence electrons. The van der Waals surface area contributed by atoms with Crippen LogP contribution < -0.4 is 5.32 Å². The number of amides is 1. The minimum absolute atomic E-state index is 0.0667. The molecule has 63 heavy (non-hydrogen) atoms. The van der Waals surface area contributed by atoms with Gasteiger partial charge in [-0.1, -0.05) is 256 Å². The highest BCUT2D eigenvalue weighted by molar-refractivity contribution is 5.77. The van der Waals surface area contributed by atoms with E-state index in [2.05, 4.69) is 62.5 Å². The number of hydrogen-bond donors (Lipinski definition) is 3. The van der Waals surface area contributed by atoms with Crippen LogP contribution in [0.1, 0.15) is 290 Å². The summed E-state index contributed by atoms with van der Waals surface area (Å²) in [6, 6.07) is -0.706. The van der Waals surface area contributed by atoms with Gasteiger partial charge in [0, 0.05) is 6.42 Å². The number of esters is 1. The normalized spacial score (nSPS) is 13.4. The molecule has 0 rings (SSSR count). The zero-order chi connectivity index (χ0) is 45.9. The number of ether oxygens (including phenoxy) is 1. The van der Waals surface area contributed by atoms with Crippen molar-refractivity contribution in [1.29, 1.82) is 0 Å². The fourth-order valence-electron chi connectivity index (χ4n) is 8.56. The molecule has 3 unspecified atom stereocenters. The van der Waals surface area contributed by atoms with Crippen molar-refractivity contribution in [2.75, 3.05) is 6.61 Å². The van der Waals surface area contributed by atoms with Gasteiger partial charge in [0.05, 0.1) is 25.2 Å². The van der Waals surface area contributed by atoms with Crippen molar-refractivity contribution < 1.29 is 24.5 Å². The predicted octanol–water partition coefficient (Wildman–Crippen LogP) is 16.8. The van der Waals surface area contributed by atoms with Gasteiger partial charge in [0.15, 0.2) is 0 Å². The number of carbonyl (C=O) groups excluding carboxylic acids is 2. The molecule has 0 radical (unpaired) electrons. The number of aliphatic hydroxyl groups is 2. The third-order valence-corrected chi connectivity index (χ3v) is 12.7. The second-order valence-electron chi connectivity index (χ2n) is 19.0. The van der Waals surface area contributed by atoms with E-state index in [-0.39, 0.29) is 24.9 Å². The SMILES string of the molecule is CC/C=C/C/C=C/C/C=C/CCCCCCC(CC(=O)NC(CO)C(O)CCCCCCCCCCCCCCCC)OC(=O)CCCCCCCCCCCCCCCCCC. The molecule has 0 spiro atoms. The summed E-state index contributed by atoms with van der Waals surface area (Å²) in [6.45, 7) is 6.39. The lowest BCUT2D eigenvalue weighted by atomic mass is 10.0. The molecule has 0 aliphatic carbocycles. The van der Waals surface area contributed by atoms with Crippen LogP contribution >= 0.6 is 0 Å². The van der Waals surface area contributed by atoms with Crippen LogP contribution in [0.3, 0.4) is 0 Å². The Labute approximate surface area is 392 Å². The second-order valence-corrected chi connectivity index (χ2v) is 19.0. The quantitative estimate of drug-likeness (QED) is 0.0321. The lowest BCUT2D eigenvalue weighted by Crippen LogP contribution is -2.46. The number of allylic oxidation sites excluding steroid dienone is 6. The van der Waals surface area contributed by atoms with E-state index in [0.29, 0.717) is 19.3 Å². The number of rotatable bonds is 50. The monoisotopic (exact) mass is 886 g/mol. The van der Waals surface area contributed by atoms with Gasteiger partial charge in [0.25, 0.3) is 0 Å². The molecule has 0 aromatic rings. The summed E-state index contributed by atoms with van der Waals surface area (Å²) in [4.78, 5) is 26.2. The number of unbranched alkanes of at least 4 members (excludes halogenated alkanes) is 32. The maximum atomic E-state index is 13.2. The molecule has 0 aliphatic rings. The van der Waals surface area contributed by atoms with Crippen LogP contribution in [0.15, 0.2) is 36.5 Å². The van der Waals surface area contributed by atoms with Gasteiger partial charge in [-0.2, -0.15) is 0 Å². The summed E-state index contributed by atoms with van der Waals surface area (Å²) >= 11 is 0. The standard InChI is InChI=1S/C57H107NO5/c1-4-7-10-13-16-19-22-25-28-29-32-35-38-41-44-47-50-57(62)63-53(48-45-42-39-36-33-30-26-23-20-17-14-11-8-5-2)51-56(61)58-54(52-59)55(60)49-46-43-40-37-34-31-27-24-21-18-15-12-9-6-3/h8,11,17,20,26,30,53-55,59-60H,4-7,9-10,12-16,18-19,21-25,27-29,31-52H2,1-3H3,(H,58,61)/b11-8+,20-17+,30-26+. The van der Waals surface area contributed by atoms with E-state index < -0.39 is 18.2 Å². The second kappa shape index (κ2) is 51.1. The van der Waals surface area contributed by atoms with Crippen molar-refractivity contribution in [2.24, 2.45) is 0 Å². The predicted molar refractivity (Wildman–Crippen MR) is 273 cm³/mol. The Hall–Kier alpha value is -1.92. The highest BCUT2D eigenvalue weighted by Gasteiger charge is 2.24. The first-order valence-electron chi connectivity index (χ1n) is 27.7. The minimum Gasteiger partial charge on any atom is -0.462 e. The van der Waals surface area contributed by atoms with Gasteiger partial charge in [-0.3, -0.25) is 9.59 Å². The van der Waals surface area contributed by atoms with Gasteiger partial charge in [0.1, 0.15) is 6.10 Å². The van der Waals surface area contributed by atoms with E-state index in [1.165, 1.54) is 154 Å². The first kappa shape index (κ1) is 61.1. The lowest BCUT2D eigenvalue weighted by Gasteiger charge is -2.24. The third kappa shape index (κ3) is 46.4. The molecular formula is C57H107NO5. The van der Waals surface area contributed by atoms with E-state index in [9.17, 15) is 19.8 Å². The number of carbonyl (C=O) groups is 2. The first-order valence-corrected chi connectivity index (χ1v) is 27.7. The molecule has 0 fully saturated rings. The molecule has 0 saturated heterocycles. The maximum Gasteiger partial charge on any atom is 0.306 e. The van der Waals surface area contributed by atoms with Crippen LogP contribution in [0.5, 0.6) is 0 Å².